The second-order valence-corrected chi connectivity index (χ2v) is 8.57. The zero-order valence-electron chi connectivity index (χ0n) is 18.5. The second kappa shape index (κ2) is 11.4. The molecule has 1 heterocycles. The highest BCUT2D eigenvalue weighted by Gasteiger charge is 2.48. The maximum atomic E-state index is 13.4. The zero-order valence-corrected chi connectivity index (χ0v) is 18.5. The number of hydrogen-bond acceptors (Lipinski definition) is 4. The zero-order chi connectivity index (χ0) is 23.0. The van der Waals surface area contributed by atoms with Gasteiger partial charge in [-0.1, -0.05) is 57.6 Å². The van der Waals surface area contributed by atoms with Crippen LogP contribution in [0.3, 0.4) is 0 Å². The van der Waals surface area contributed by atoms with E-state index >= 15 is 0 Å². The third-order valence-electron chi connectivity index (χ3n) is 6.04. The van der Waals surface area contributed by atoms with E-state index in [1.165, 1.54) is 37.8 Å². The quantitative estimate of drug-likeness (QED) is 0.292. The minimum Gasteiger partial charge on any atom is -0.449 e. The van der Waals surface area contributed by atoms with Crippen molar-refractivity contribution in [3.8, 4) is 11.4 Å². The van der Waals surface area contributed by atoms with Gasteiger partial charge in [-0.15, -0.1) is 0 Å². The van der Waals surface area contributed by atoms with E-state index in [-0.39, 0.29) is 5.56 Å². The van der Waals surface area contributed by atoms with Crippen LogP contribution in [0.4, 0.5) is 13.2 Å². The molecule has 1 saturated carbocycles. The lowest BCUT2D eigenvalue weighted by Crippen LogP contribution is -2.39. The molecule has 32 heavy (non-hydrogen) atoms. The van der Waals surface area contributed by atoms with Crippen molar-refractivity contribution in [3.63, 3.8) is 0 Å². The maximum Gasteiger partial charge on any atom is 0.425 e. The Labute approximate surface area is 187 Å². The summed E-state index contributed by atoms with van der Waals surface area (Å²) in [7, 11) is 0. The van der Waals surface area contributed by atoms with Gasteiger partial charge in [0.15, 0.2) is 11.9 Å². The molecule has 7 heteroatoms. The van der Waals surface area contributed by atoms with Gasteiger partial charge in [-0.3, -0.25) is 0 Å². The highest BCUT2D eigenvalue weighted by Crippen LogP contribution is 2.38. The Morgan fingerprint density at radius 1 is 1.03 bits per heavy atom. The molecule has 0 N–H and O–H groups in total. The van der Waals surface area contributed by atoms with Crippen LogP contribution >= 0.6 is 0 Å². The van der Waals surface area contributed by atoms with Crippen molar-refractivity contribution in [2.75, 3.05) is 0 Å². The number of unbranched alkanes of at least 4 members (excludes halogenated alkanes) is 4. The predicted molar refractivity (Wildman–Crippen MR) is 117 cm³/mol. The van der Waals surface area contributed by atoms with E-state index in [0.29, 0.717) is 24.2 Å². The Morgan fingerprint density at radius 3 is 2.25 bits per heavy atom. The summed E-state index contributed by atoms with van der Waals surface area (Å²) in [5.74, 6) is -1.10. The van der Waals surface area contributed by atoms with Gasteiger partial charge >= 0.3 is 12.1 Å². The number of aryl methyl sites for hydroxylation is 1. The van der Waals surface area contributed by atoms with Gasteiger partial charge < -0.3 is 4.74 Å². The summed E-state index contributed by atoms with van der Waals surface area (Å²) in [4.78, 5) is 21.2. The molecule has 4 nitrogen and oxygen atoms in total. The van der Waals surface area contributed by atoms with Crippen molar-refractivity contribution in [2.45, 2.75) is 83.4 Å². The smallest absolute Gasteiger partial charge is 0.425 e. The normalized spacial score (nSPS) is 15.6. The van der Waals surface area contributed by atoms with E-state index in [1.54, 1.807) is 24.5 Å². The molecule has 0 amide bonds. The first kappa shape index (κ1) is 24.2. The van der Waals surface area contributed by atoms with Crippen LogP contribution in [-0.4, -0.2) is 28.2 Å². The second-order valence-electron chi connectivity index (χ2n) is 8.57. The van der Waals surface area contributed by atoms with Gasteiger partial charge in [0.2, 0.25) is 0 Å². The van der Waals surface area contributed by atoms with Crippen molar-refractivity contribution < 1.29 is 22.7 Å². The molecule has 1 aromatic heterocycles. The largest absolute Gasteiger partial charge is 0.449 e. The first-order chi connectivity index (χ1) is 15.4. The van der Waals surface area contributed by atoms with Crippen LogP contribution < -0.4 is 0 Å². The molecule has 0 radical (unpaired) electrons. The third kappa shape index (κ3) is 6.78. The van der Waals surface area contributed by atoms with Crippen LogP contribution in [0.15, 0.2) is 36.7 Å². The number of ether oxygens (including phenoxy) is 1. The summed E-state index contributed by atoms with van der Waals surface area (Å²) in [5.41, 5.74) is 1.86. The summed E-state index contributed by atoms with van der Waals surface area (Å²) in [5, 5.41) is 0. The molecule has 2 aromatic rings. The van der Waals surface area contributed by atoms with Crippen molar-refractivity contribution >= 4 is 5.97 Å². The van der Waals surface area contributed by atoms with Gasteiger partial charge in [-0.05, 0) is 43.4 Å². The van der Waals surface area contributed by atoms with Crippen LogP contribution in [0, 0.1) is 5.92 Å². The van der Waals surface area contributed by atoms with Crippen LogP contribution in [0.5, 0.6) is 0 Å². The lowest BCUT2D eigenvalue weighted by molar-refractivity contribution is -0.219. The van der Waals surface area contributed by atoms with E-state index in [9.17, 15) is 18.0 Å². The summed E-state index contributed by atoms with van der Waals surface area (Å²) < 4.78 is 45.1. The molecule has 0 aliphatic heterocycles. The molecule has 1 aliphatic rings. The molecule has 174 valence electrons. The van der Waals surface area contributed by atoms with Crippen LogP contribution in [-0.2, 0) is 11.2 Å². The van der Waals surface area contributed by atoms with Crippen molar-refractivity contribution in [3.05, 3.63) is 47.8 Å². The SMILES string of the molecule is CCCCCCCc1cnc(-c2ccc(C(=O)OC(C3CCCC3)C(F)(F)F)cc2)nc1. The topological polar surface area (TPSA) is 52.1 Å². The number of hydrogen-bond donors (Lipinski definition) is 0. The van der Waals surface area contributed by atoms with E-state index in [1.807, 2.05) is 0 Å². The monoisotopic (exact) mass is 448 g/mol. The third-order valence-corrected chi connectivity index (χ3v) is 6.04. The average molecular weight is 449 g/mol. The number of esters is 1. The summed E-state index contributed by atoms with van der Waals surface area (Å²) in [6.45, 7) is 2.19. The van der Waals surface area contributed by atoms with Crippen LogP contribution in [0.2, 0.25) is 0 Å². The minimum atomic E-state index is -4.56. The molecule has 0 spiro atoms. The number of carbonyl (C=O) groups excluding carboxylic acids is 1. The Bertz CT molecular complexity index is 845. The van der Waals surface area contributed by atoms with Gasteiger partial charge in [0.25, 0.3) is 0 Å². The van der Waals surface area contributed by atoms with Crippen molar-refractivity contribution in [2.24, 2.45) is 5.92 Å². The van der Waals surface area contributed by atoms with E-state index < -0.39 is 24.2 Å². The highest BCUT2D eigenvalue weighted by molar-refractivity contribution is 5.90. The number of rotatable bonds is 10. The number of nitrogens with zero attached hydrogens (tertiary/aromatic N) is 2. The van der Waals surface area contributed by atoms with E-state index in [4.69, 9.17) is 4.74 Å². The van der Waals surface area contributed by atoms with Gasteiger partial charge in [-0.25, -0.2) is 14.8 Å². The number of aromatic nitrogens is 2. The average Bonchev–Trinajstić information content (AvgIpc) is 3.31. The highest BCUT2D eigenvalue weighted by atomic mass is 19.4. The molecule has 1 atom stereocenters. The van der Waals surface area contributed by atoms with Crippen molar-refractivity contribution in [1.29, 1.82) is 0 Å². The minimum absolute atomic E-state index is 0.0877. The summed E-state index contributed by atoms with van der Waals surface area (Å²) in [6, 6.07) is 6.19. The molecule has 1 aromatic carbocycles. The lowest BCUT2D eigenvalue weighted by Gasteiger charge is -2.25. The van der Waals surface area contributed by atoms with Gasteiger partial charge in [-0.2, -0.15) is 13.2 Å². The van der Waals surface area contributed by atoms with Gasteiger partial charge in [0.05, 0.1) is 5.56 Å². The number of carbonyl (C=O) groups is 1. The molecule has 1 aliphatic carbocycles. The van der Waals surface area contributed by atoms with E-state index in [0.717, 1.165) is 31.2 Å². The van der Waals surface area contributed by atoms with E-state index in [2.05, 4.69) is 16.9 Å². The molecular weight excluding hydrogens is 417 g/mol. The van der Waals surface area contributed by atoms with Crippen LogP contribution in [0.25, 0.3) is 11.4 Å². The first-order valence-electron chi connectivity index (χ1n) is 11.6. The number of benzene rings is 1. The Hall–Kier alpha value is -2.44. The van der Waals surface area contributed by atoms with Gasteiger partial charge in [0.1, 0.15) is 0 Å². The molecular formula is C25H31F3N2O2. The molecule has 0 bridgehead atoms. The predicted octanol–water partition coefficient (Wildman–Crippen LogP) is 6.93. The van der Waals surface area contributed by atoms with Crippen molar-refractivity contribution in [1.82, 2.24) is 9.97 Å². The summed E-state index contributed by atoms with van der Waals surface area (Å²) >= 11 is 0. The standard InChI is InChI=1S/C25H31F3N2O2/c1-2-3-4-5-6-9-18-16-29-23(30-17-18)20-12-14-21(15-13-20)24(31)32-22(25(26,27)28)19-10-7-8-11-19/h12-17,19,22H,2-11H2,1H3. The summed E-state index contributed by atoms with van der Waals surface area (Å²) in [6.07, 6.45) is 6.32. The molecule has 3 rings (SSSR count). The molecule has 1 unspecified atom stereocenters. The fourth-order valence-corrected chi connectivity index (χ4v) is 4.19. The Balaban J connectivity index is 1.58. The van der Waals surface area contributed by atoms with Crippen LogP contribution in [0.1, 0.15) is 80.6 Å². The Kier molecular flexibility index (Phi) is 8.65. The maximum absolute atomic E-state index is 13.4. The number of halogens is 3. The Morgan fingerprint density at radius 2 is 1.66 bits per heavy atom. The molecule has 1 fully saturated rings. The lowest BCUT2D eigenvalue weighted by atomic mass is 10.00. The fourth-order valence-electron chi connectivity index (χ4n) is 4.19. The number of alkyl halides is 3. The fraction of sp³-hybridized carbons (Fsp3) is 0.560. The van der Waals surface area contributed by atoms with Gasteiger partial charge in [0, 0.05) is 23.9 Å². The molecule has 0 saturated heterocycles. The first-order valence-corrected chi connectivity index (χ1v) is 11.6.